The van der Waals surface area contributed by atoms with E-state index in [1.807, 2.05) is 87.0 Å². The van der Waals surface area contributed by atoms with Crippen LogP contribution in [0.2, 0.25) is 5.02 Å². The molecular weight excluding hydrogens is 456 g/mol. The van der Waals surface area contributed by atoms with Crippen molar-refractivity contribution in [3.63, 3.8) is 0 Å². The third-order valence-corrected chi connectivity index (χ3v) is 6.97. The summed E-state index contributed by atoms with van der Waals surface area (Å²) in [5, 5.41) is 15.0. The minimum atomic E-state index is -0.318. The molecule has 4 rings (SSSR count). The van der Waals surface area contributed by atoms with Crippen molar-refractivity contribution in [2.45, 2.75) is 32.0 Å². The SMILES string of the molecule is Cc1cc(OC(C)c2nnc(SCC(=O)Nc3cccc4ccccc34)n2C)cc(C)c1Cl. The van der Waals surface area contributed by atoms with E-state index in [1.165, 1.54) is 11.8 Å². The van der Waals surface area contributed by atoms with Crippen molar-refractivity contribution >= 4 is 45.7 Å². The standard InChI is InChI=1S/C25H25ClN4O2S/c1-15-12-19(13-16(2)23(15)26)32-17(3)24-28-29-25(30(24)4)33-14-22(31)27-21-11-7-9-18-8-5-6-10-20(18)21/h5-13,17H,14H2,1-4H3,(H,27,31). The van der Waals surface area contributed by atoms with Gasteiger partial charge in [0.25, 0.3) is 0 Å². The number of aryl methyl sites for hydroxylation is 2. The number of amides is 1. The number of nitrogens with one attached hydrogen (secondary N) is 1. The number of nitrogens with zero attached hydrogens (tertiary/aromatic N) is 3. The lowest BCUT2D eigenvalue weighted by molar-refractivity contribution is -0.113. The van der Waals surface area contributed by atoms with Gasteiger partial charge in [0.05, 0.1) is 5.75 Å². The molecule has 0 fully saturated rings. The second-order valence-electron chi connectivity index (χ2n) is 7.89. The van der Waals surface area contributed by atoms with Crippen molar-refractivity contribution < 1.29 is 9.53 Å². The average molecular weight is 481 g/mol. The van der Waals surface area contributed by atoms with Crippen molar-refractivity contribution in [1.82, 2.24) is 14.8 Å². The Kier molecular flexibility index (Phi) is 6.91. The minimum Gasteiger partial charge on any atom is -0.483 e. The number of ether oxygens (including phenoxy) is 1. The first-order chi connectivity index (χ1) is 15.8. The zero-order valence-corrected chi connectivity index (χ0v) is 20.5. The van der Waals surface area contributed by atoms with E-state index < -0.39 is 0 Å². The number of carbonyl (C=O) groups is 1. The highest BCUT2D eigenvalue weighted by Crippen LogP contribution is 2.29. The Morgan fingerprint density at radius 3 is 2.58 bits per heavy atom. The lowest BCUT2D eigenvalue weighted by Gasteiger charge is -2.16. The van der Waals surface area contributed by atoms with Gasteiger partial charge < -0.3 is 14.6 Å². The molecule has 1 amide bonds. The van der Waals surface area contributed by atoms with Crippen LogP contribution < -0.4 is 10.1 Å². The molecule has 1 unspecified atom stereocenters. The molecule has 1 N–H and O–H groups in total. The molecule has 6 nitrogen and oxygen atoms in total. The normalized spacial score (nSPS) is 12.0. The van der Waals surface area contributed by atoms with Gasteiger partial charge in [0.15, 0.2) is 17.1 Å². The molecule has 0 saturated heterocycles. The number of hydrogen-bond donors (Lipinski definition) is 1. The first-order valence-electron chi connectivity index (χ1n) is 10.6. The molecule has 3 aromatic carbocycles. The Bertz CT molecular complexity index is 1290. The van der Waals surface area contributed by atoms with E-state index in [-0.39, 0.29) is 17.8 Å². The number of anilines is 1. The van der Waals surface area contributed by atoms with Crippen LogP contribution in [0.1, 0.15) is 30.0 Å². The molecule has 8 heteroatoms. The summed E-state index contributed by atoms with van der Waals surface area (Å²) in [7, 11) is 1.87. The van der Waals surface area contributed by atoms with Crippen LogP contribution in [0.4, 0.5) is 5.69 Å². The predicted molar refractivity (Wildman–Crippen MR) is 134 cm³/mol. The Balaban J connectivity index is 1.40. The summed E-state index contributed by atoms with van der Waals surface area (Å²) in [6.07, 6.45) is -0.318. The molecule has 0 bridgehead atoms. The molecule has 1 aromatic heterocycles. The van der Waals surface area contributed by atoms with Crippen LogP contribution in [-0.2, 0) is 11.8 Å². The van der Waals surface area contributed by atoms with Gasteiger partial charge in [-0.05, 0) is 55.5 Å². The van der Waals surface area contributed by atoms with Gasteiger partial charge in [-0.3, -0.25) is 4.79 Å². The number of aromatic nitrogens is 3. The Morgan fingerprint density at radius 1 is 1.12 bits per heavy atom. The van der Waals surface area contributed by atoms with Crippen LogP contribution >= 0.6 is 23.4 Å². The zero-order valence-electron chi connectivity index (χ0n) is 18.9. The van der Waals surface area contributed by atoms with Crippen molar-refractivity contribution in [2.24, 2.45) is 7.05 Å². The lowest BCUT2D eigenvalue weighted by Crippen LogP contribution is -2.15. The third kappa shape index (κ3) is 5.15. The molecule has 0 saturated carbocycles. The Hall–Kier alpha value is -3.03. The summed E-state index contributed by atoms with van der Waals surface area (Å²) in [5.41, 5.74) is 2.73. The van der Waals surface area contributed by atoms with Gasteiger partial charge >= 0.3 is 0 Å². The lowest BCUT2D eigenvalue weighted by atomic mass is 10.1. The van der Waals surface area contributed by atoms with Crippen LogP contribution in [0.5, 0.6) is 5.75 Å². The van der Waals surface area contributed by atoms with Crippen molar-refractivity contribution in [3.05, 3.63) is 76.6 Å². The highest BCUT2D eigenvalue weighted by molar-refractivity contribution is 7.99. The molecule has 0 radical (unpaired) electrons. The highest BCUT2D eigenvalue weighted by Gasteiger charge is 2.19. The van der Waals surface area contributed by atoms with Gasteiger partial charge in [-0.25, -0.2) is 0 Å². The second-order valence-corrected chi connectivity index (χ2v) is 9.21. The van der Waals surface area contributed by atoms with Crippen LogP contribution in [-0.4, -0.2) is 26.4 Å². The number of halogens is 1. The fraction of sp³-hybridized carbons (Fsp3) is 0.240. The fourth-order valence-electron chi connectivity index (χ4n) is 3.69. The van der Waals surface area contributed by atoms with Crippen LogP contribution in [0.25, 0.3) is 10.8 Å². The highest BCUT2D eigenvalue weighted by atomic mass is 35.5. The first kappa shape index (κ1) is 23.1. The summed E-state index contributed by atoms with van der Waals surface area (Å²) in [5.74, 6) is 1.53. The minimum absolute atomic E-state index is 0.0997. The van der Waals surface area contributed by atoms with Crippen molar-refractivity contribution in [3.8, 4) is 5.75 Å². The number of thioether (sulfide) groups is 1. The zero-order chi connectivity index (χ0) is 23.5. The maximum absolute atomic E-state index is 12.6. The average Bonchev–Trinajstić information content (AvgIpc) is 3.16. The molecular formula is C25H25ClN4O2S. The smallest absolute Gasteiger partial charge is 0.234 e. The van der Waals surface area contributed by atoms with E-state index in [2.05, 4.69) is 15.5 Å². The molecule has 170 valence electrons. The number of fused-ring (bicyclic) bond motifs is 1. The Morgan fingerprint density at radius 2 is 1.82 bits per heavy atom. The molecule has 1 atom stereocenters. The predicted octanol–water partition coefficient (Wildman–Crippen LogP) is 6.11. The fourth-order valence-corrected chi connectivity index (χ4v) is 4.51. The van der Waals surface area contributed by atoms with Gasteiger partial charge in [-0.1, -0.05) is 59.8 Å². The molecule has 33 heavy (non-hydrogen) atoms. The van der Waals surface area contributed by atoms with Gasteiger partial charge in [-0.15, -0.1) is 10.2 Å². The number of rotatable bonds is 7. The van der Waals surface area contributed by atoms with E-state index >= 15 is 0 Å². The summed E-state index contributed by atoms with van der Waals surface area (Å²) in [6.45, 7) is 5.82. The molecule has 0 aliphatic carbocycles. The maximum atomic E-state index is 12.6. The van der Waals surface area contributed by atoms with E-state index in [9.17, 15) is 4.79 Å². The summed E-state index contributed by atoms with van der Waals surface area (Å²) in [6, 6.07) is 17.7. The molecule has 4 aromatic rings. The monoisotopic (exact) mass is 480 g/mol. The maximum Gasteiger partial charge on any atom is 0.234 e. The first-order valence-corrected chi connectivity index (χ1v) is 11.9. The third-order valence-electron chi connectivity index (χ3n) is 5.35. The number of benzene rings is 3. The largest absolute Gasteiger partial charge is 0.483 e. The van der Waals surface area contributed by atoms with Crippen molar-refractivity contribution in [1.29, 1.82) is 0 Å². The van der Waals surface area contributed by atoms with Gasteiger partial charge in [0.1, 0.15) is 5.75 Å². The quantitative estimate of drug-likeness (QED) is 0.323. The molecule has 0 aliphatic rings. The molecule has 1 heterocycles. The molecule has 0 aliphatic heterocycles. The van der Waals surface area contributed by atoms with E-state index in [1.54, 1.807) is 0 Å². The Labute approximate surface area is 202 Å². The number of carbonyl (C=O) groups excluding carboxylic acids is 1. The number of hydrogen-bond acceptors (Lipinski definition) is 5. The van der Waals surface area contributed by atoms with E-state index in [4.69, 9.17) is 16.3 Å². The second kappa shape index (κ2) is 9.85. The van der Waals surface area contributed by atoms with Crippen LogP contribution in [0.15, 0.2) is 59.8 Å². The summed E-state index contributed by atoms with van der Waals surface area (Å²) < 4.78 is 7.94. The van der Waals surface area contributed by atoms with Gasteiger partial charge in [-0.2, -0.15) is 0 Å². The van der Waals surface area contributed by atoms with Gasteiger partial charge in [0.2, 0.25) is 5.91 Å². The summed E-state index contributed by atoms with van der Waals surface area (Å²) in [4.78, 5) is 12.6. The molecule has 0 spiro atoms. The summed E-state index contributed by atoms with van der Waals surface area (Å²) >= 11 is 7.59. The van der Waals surface area contributed by atoms with E-state index in [0.717, 1.165) is 38.4 Å². The van der Waals surface area contributed by atoms with Crippen LogP contribution in [0.3, 0.4) is 0 Å². The van der Waals surface area contributed by atoms with Crippen LogP contribution in [0, 0.1) is 13.8 Å². The van der Waals surface area contributed by atoms with Crippen molar-refractivity contribution in [2.75, 3.05) is 11.1 Å². The van der Waals surface area contributed by atoms with Gasteiger partial charge in [0, 0.05) is 23.1 Å². The topological polar surface area (TPSA) is 69.0 Å². The van der Waals surface area contributed by atoms with E-state index in [0.29, 0.717) is 11.0 Å².